The molecule has 0 aliphatic carbocycles. The predicted octanol–water partition coefficient (Wildman–Crippen LogP) is 0.571. The van der Waals surface area contributed by atoms with Crippen LogP contribution >= 0.6 is 0 Å². The number of anilines is 3. The molecule has 1 atom stereocenters. The van der Waals surface area contributed by atoms with Gasteiger partial charge in [0, 0.05) is 49.7 Å². The number of aromatic nitrogens is 2. The number of nitrogens with one attached hydrogen (secondary N) is 2. The minimum atomic E-state index is -1.99. The van der Waals surface area contributed by atoms with Gasteiger partial charge in [-0.15, -0.1) is 0 Å². The van der Waals surface area contributed by atoms with Gasteiger partial charge in [-0.3, -0.25) is 9.59 Å². The first-order valence-electron chi connectivity index (χ1n) is 7.83. The van der Waals surface area contributed by atoms with Crippen LogP contribution in [0.5, 0.6) is 0 Å². The van der Waals surface area contributed by atoms with Gasteiger partial charge in [0.2, 0.25) is 5.60 Å². The number of hydrogen-bond acceptors (Lipinski definition) is 7. The number of aliphatic hydroxyl groups is 1. The Kier molecular flexibility index (Phi) is 4.51. The second kappa shape index (κ2) is 6.78. The highest BCUT2D eigenvalue weighted by Crippen LogP contribution is 2.29. The van der Waals surface area contributed by atoms with E-state index >= 15 is 0 Å². The molecule has 2 aromatic rings. The van der Waals surface area contributed by atoms with Gasteiger partial charge in [0.15, 0.2) is 0 Å². The van der Waals surface area contributed by atoms with E-state index in [2.05, 4.69) is 20.6 Å². The Labute approximate surface area is 149 Å². The number of carbonyl (C=O) groups is 2. The number of nitrogens with zero attached hydrogens (tertiary/aromatic N) is 4. The van der Waals surface area contributed by atoms with E-state index in [0.29, 0.717) is 22.9 Å². The average Bonchev–Trinajstić information content (AvgIpc) is 2.97. The van der Waals surface area contributed by atoms with Crippen LogP contribution in [-0.4, -0.2) is 46.1 Å². The molecule has 1 aliphatic heterocycles. The molecule has 132 valence electrons. The summed E-state index contributed by atoms with van der Waals surface area (Å²) in [5.41, 5.74) is -1.05. The fraction of sp³-hybridized carbons (Fsp3) is 0.235. The zero-order valence-electron chi connectivity index (χ0n) is 13.9. The lowest BCUT2D eigenvalue weighted by molar-refractivity contribution is -0.128. The van der Waals surface area contributed by atoms with Crippen molar-refractivity contribution in [3.63, 3.8) is 0 Å². The molecule has 9 heteroatoms. The van der Waals surface area contributed by atoms with E-state index in [4.69, 9.17) is 5.26 Å². The van der Waals surface area contributed by atoms with Crippen LogP contribution in [0.4, 0.5) is 17.3 Å². The number of amides is 2. The molecule has 2 amide bonds. The highest BCUT2D eigenvalue weighted by molar-refractivity contribution is 6.03. The first kappa shape index (κ1) is 17.3. The van der Waals surface area contributed by atoms with E-state index in [0.717, 1.165) is 0 Å². The Morgan fingerprint density at radius 3 is 2.65 bits per heavy atom. The molecule has 1 aliphatic rings. The number of pyridine rings is 2. The molecular weight excluding hydrogens is 336 g/mol. The van der Waals surface area contributed by atoms with Gasteiger partial charge in [-0.25, -0.2) is 9.97 Å². The van der Waals surface area contributed by atoms with Gasteiger partial charge in [0.25, 0.3) is 11.8 Å². The Hall–Kier alpha value is -3.51. The van der Waals surface area contributed by atoms with Crippen LogP contribution in [0.15, 0.2) is 36.7 Å². The summed E-state index contributed by atoms with van der Waals surface area (Å²) < 4.78 is 0. The van der Waals surface area contributed by atoms with Crippen LogP contribution in [0.3, 0.4) is 0 Å². The van der Waals surface area contributed by atoms with E-state index in [1.165, 1.54) is 24.3 Å². The number of hydrogen-bond donors (Lipinski definition) is 3. The Bertz CT molecular complexity index is 909. The minimum Gasteiger partial charge on any atom is -0.368 e. The molecule has 26 heavy (non-hydrogen) atoms. The van der Waals surface area contributed by atoms with Gasteiger partial charge in [-0.2, -0.15) is 5.26 Å². The van der Waals surface area contributed by atoms with Crippen LogP contribution in [0, 0.1) is 11.3 Å². The number of nitriles is 1. The predicted molar refractivity (Wildman–Crippen MR) is 92.7 cm³/mol. The first-order chi connectivity index (χ1) is 12.5. The van der Waals surface area contributed by atoms with E-state index in [1.54, 1.807) is 30.3 Å². The molecule has 0 radical (unpaired) electrons. The van der Waals surface area contributed by atoms with E-state index in [9.17, 15) is 14.7 Å². The van der Waals surface area contributed by atoms with Crippen molar-refractivity contribution < 1.29 is 14.7 Å². The number of carbonyl (C=O) groups excluding carboxylic acids is 2. The van der Waals surface area contributed by atoms with Crippen molar-refractivity contribution in [3.05, 3.63) is 42.2 Å². The van der Waals surface area contributed by atoms with Crippen LogP contribution < -0.4 is 15.5 Å². The molecular formula is C17H16N6O3. The molecule has 0 unspecified atom stereocenters. The van der Waals surface area contributed by atoms with E-state index in [1.807, 2.05) is 0 Å². The molecule has 0 spiro atoms. The van der Waals surface area contributed by atoms with Crippen molar-refractivity contribution in [1.82, 2.24) is 15.3 Å². The van der Waals surface area contributed by atoms with Crippen LogP contribution in [0.1, 0.15) is 16.8 Å². The topological polar surface area (TPSA) is 131 Å². The summed E-state index contributed by atoms with van der Waals surface area (Å²) in [6, 6.07) is 8.02. The zero-order chi connectivity index (χ0) is 18.7. The Balaban J connectivity index is 1.82. The van der Waals surface area contributed by atoms with Crippen molar-refractivity contribution >= 4 is 29.1 Å². The van der Waals surface area contributed by atoms with Gasteiger partial charge in [0.05, 0.1) is 0 Å². The third kappa shape index (κ3) is 3.18. The van der Waals surface area contributed by atoms with Gasteiger partial charge in [0.1, 0.15) is 17.7 Å². The Morgan fingerprint density at radius 2 is 2.00 bits per heavy atom. The van der Waals surface area contributed by atoms with Crippen molar-refractivity contribution in [3.8, 4) is 6.07 Å². The van der Waals surface area contributed by atoms with Crippen LogP contribution in [0.25, 0.3) is 0 Å². The fourth-order valence-corrected chi connectivity index (χ4v) is 2.63. The van der Waals surface area contributed by atoms with Gasteiger partial charge >= 0.3 is 0 Å². The lowest BCUT2D eigenvalue weighted by atomic mass is 10.1. The summed E-state index contributed by atoms with van der Waals surface area (Å²) in [7, 11) is 1.54. The molecule has 2 aromatic heterocycles. The summed E-state index contributed by atoms with van der Waals surface area (Å²) in [6.07, 6.45) is 3.04. The Morgan fingerprint density at radius 1 is 1.31 bits per heavy atom. The van der Waals surface area contributed by atoms with Gasteiger partial charge in [-0.05, 0) is 18.2 Å². The normalized spacial score (nSPS) is 19.1. The van der Waals surface area contributed by atoms with Crippen LogP contribution in [-0.2, 0) is 4.79 Å². The van der Waals surface area contributed by atoms with E-state index < -0.39 is 11.5 Å². The minimum absolute atomic E-state index is 0.0448. The van der Waals surface area contributed by atoms with Crippen molar-refractivity contribution in [2.24, 2.45) is 0 Å². The third-order valence-corrected chi connectivity index (χ3v) is 4.04. The molecule has 0 aromatic carbocycles. The second-order valence-corrected chi connectivity index (χ2v) is 5.71. The first-order valence-corrected chi connectivity index (χ1v) is 7.83. The average molecular weight is 352 g/mol. The quantitative estimate of drug-likeness (QED) is 0.686. The maximum atomic E-state index is 12.2. The summed E-state index contributed by atoms with van der Waals surface area (Å²) in [5, 5.41) is 24.5. The summed E-state index contributed by atoms with van der Waals surface area (Å²) in [4.78, 5) is 33.6. The largest absolute Gasteiger partial charge is 0.368 e. The van der Waals surface area contributed by atoms with Gasteiger partial charge in [-0.1, -0.05) is 0 Å². The smallest absolute Gasteiger partial charge is 0.273 e. The molecule has 9 nitrogen and oxygen atoms in total. The van der Waals surface area contributed by atoms with Crippen LogP contribution in [0.2, 0.25) is 0 Å². The molecule has 3 heterocycles. The number of rotatable bonds is 4. The lowest BCUT2D eigenvalue weighted by Crippen LogP contribution is -2.38. The van der Waals surface area contributed by atoms with E-state index in [-0.39, 0.29) is 18.9 Å². The monoisotopic (exact) mass is 352 g/mol. The maximum absolute atomic E-state index is 12.2. The summed E-state index contributed by atoms with van der Waals surface area (Å²) in [6.45, 7) is 0.233. The summed E-state index contributed by atoms with van der Waals surface area (Å²) in [5.74, 6) is -0.0752. The zero-order valence-corrected chi connectivity index (χ0v) is 13.9. The van der Waals surface area contributed by atoms with Crippen molar-refractivity contribution in [2.75, 3.05) is 23.8 Å². The van der Waals surface area contributed by atoms with Crippen molar-refractivity contribution in [1.29, 1.82) is 5.26 Å². The maximum Gasteiger partial charge on any atom is 0.273 e. The standard InChI is InChI=1S/C17H16N6O3/c1-19-15(24)11-2-5-20-13(8-11)22-14-9-12(3-6-21-14)23-7-4-17(26,10-18)16(23)25/h2-3,5-6,8-9,26H,4,7H2,1H3,(H,19,24)(H,20,21,22)/t17-/m0/s1. The molecule has 0 saturated carbocycles. The third-order valence-electron chi connectivity index (χ3n) is 4.04. The second-order valence-electron chi connectivity index (χ2n) is 5.71. The molecule has 0 bridgehead atoms. The lowest BCUT2D eigenvalue weighted by Gasteiger charge is -2.18. The highest BCUT2D eigenvalue weighted by atomic mass is 16.3. The van der Waals surface area contributed by atoms with Gasteiger partial charge < -0.3 is 20.6 Å². The van der Waals surface area contributed by atoms with Crippen molar-refractivity contribution in [2.45, 2.75) is 12.0 Å². The highest BCUT2D eigenvalue weighted by Gasteiger charge is 2.46. The molecule has 1 fully saturated rings. The molecule has 3 rings (SSSR count). The fourth-order valence-electron chi connectivity index (χ4n) is 2.63. The molecule has 1 saturated heterocycles. The summed E-state index contributed by atoms with van der Waals surface area (Å²) >= 11 is 0. The SMILES string of the molecule is CNC(=O)c1ccnc(Nc2cc(N3CC[C@](O)(C#N)C3=O)ccn2)c1. The molecule has 3 N–H and O–H groups in total.